The number of β-amino-alcohol motifs (C(OH)–C–C–N with tert-alkyl or cyclic N) is 1. The number of rotatable bonds is 8. The van der Waals surface area contributed by atoms with Gasteiger partial charge in [0.2, 0.25) is 0 Å². The maximum absolute atomic E-state index is 14.8. The molecule has 2 heterocycles. The smallest absolute Gasteiger partial charge is 0.410 e. The number of piperidine rings is 1. The fraction of sp³-hybridized carbons (Fsp3) is 0.560. The van der Waals surface area contributed by atoms with E-state index in [9.17, 15) is 23.9 Å². The zero-order valence-corrected chi connectivity index (χ0v) is 21.1. The number of aliphatic hydroxyl groups is 1. The minimum atomic E-state index is -0.721. The first kappa shape index (κ1) is 27.3. The molecular formula is C25H34FN3O7. The van der Waals surface area contributed by atoms with E-state index in [-0.39, 0.29) is 61.0 Å². The number of nitrogens with one attached hydrogen (secondary N) is 1. The van der Waals surface area contributed by atoms with Crippen molar-refractivity contribution in [1.82, 2.24) is 9.80 Å². The molecule has 0 atom stereocenters. The number of amides is 2. The fourth-order valence-electron chi connectivity index (χ4n) is 4.04. The highest BCUT2D eigenvalue weighted by molar-refractivity contribution is 6.08. The molecule has 36 heavy (non-hydrogen) atoms. The van der Waals surface area contributed by atoms with Gasteiger partial charge in [0.25, 0.3) is 5.91 Å². The first-order chi connectivity index (χ1) is 17.0. The number of benzene rings is 1. The van der Waals surface area contributed by atoms with Crippen molar-refractivity contribution in [2.24, 2.45) is 5.92 Å². The van der Waals surface area contributed by atoms with Gasteiger partial charge in [-0.25, -0.2) is 14.0 Å². The average Bonchev–Trinajstić information content (AvgIpc) is 3.13. The van der Waals surface area contributed by atoms with E-state index in [4.69, 9.17) is 14.2 Å². The molecule has 0 bridgehead atoms. The number of ether oxygens (including phenoxy) is 3. The van der Waals surface area contributed by atoms with Crippen molar-refractivity contribution in [1.29, 1.82) is 0 Å². The van der Waals surface area contributed by atoms with Crippen LogP contribution >= 0.6 is 0 Å². The molecule has 0 aromatic heterocycles. The number of halogens is 1. The number of hydrogen-bond acceptors (Lipinski definition) is 8. The van der Waals surface area contributed by atoms with Crippen LogP contribution in [0.2, 0.25) is 0 Å². The van der Waals surface area contributed by atoms with Crippen molar-refractivity contribution in [2.45, 2.75) is 39.2 Å². The minimum absolute atomic E-state index is 0.0210. The summed E-state index contributed by atoms with van der Waals surface area (Å²) in [5.41, 5.74) is -0.702. The molecule has 3 rings (SSSR count). The van der Waals surface area contributed by atoms with Crippen LogP contribution in [0.4, 0.5) is 14.9 Å². The Balaban J connectivity index is 1.68. The monoisotopic (exact) mass is 507 g/mol. The zero-order valence-electron chi connectivity index (χ0n) is 21.1. The number of methoxy groups -OCH3 is 1. The number of carbonyl (C=O) groups excluding carboxylic acids is 3. The van der Waals surface area contributed by atoms with Crippen LogP contribution in [0, 0.1) is 11.7 Å². The van der Waals surface area contributed by atoms with Crippen molar-refractivity contribution < 1.29 is 38.1 Å². The molecule has 2 amide bonds. The lowest BCUT2D eigenvalue weighted by atomic mass is 9.98. The van der Waals surface area contributed by atoms with Crippen molar-refractivity contribution in [2.75, 3.05) is 51.8 Å². The van der Waals surface area contributed by atoms with Crippen molar-refractivity contribution in [3.05, 3.63) is 35.3 Å². The Kier molecular flexibility index (Phi) is 8.78. The lowest BCUT2D eigenvalue weighted by Gasteiger charge is -2.33. The van der Waals surface area contributed by atoms with Crippen LogP contribution in [0.25, 0.3) is 0 Å². The van der Waals surface area contributed by atoms with Gasteiger partial charge in [-0.1, -0.05) is 6.07 Å². The molecule has 1 saturated heterocycles. The lowest BCUT2D eigenvalue weighted by molar-refractivity contribution is -0.136. The first-order valence-electron chi connectivity index (χ1n) is 11.9. The summed E-state index contributed by atoms with van der Waals surface area (Å²) < 4.78 is 31.0. The standard InChI is InChI=1S/C25H34FN3O7/c1-25(2,3)36-24(33)28-10-8-16(9-11-28)15-35-19-7-5-6-18(26)21(19)27-20-17(23(32)34-4)14-29(12-13-30)22(20)31/h5-7,16,27,30H,8-15H2,1-4H3. The van der Waals surface area contributed by atoms with Gasteiger partial charge in [-0.3, -0.25) is 4.79 Å². The number of nitrogens with zero attached hydrogens (tertiary/aromatic N) is 2. The first-order valence-corrected chi connectivity index (χ1v) is 11.9. The molecule has 1 aromatic rings. The van der Waals surface area contributed by atoms with Crippen molar-refractivity contribution in [3.63, 3.8) is 0 Å². The normalized spacial score (nSPS) is 16.9. The molecule has 1 aromatic carbocycles. The molecule has 10 nitrogen and oxygen atoms in total. The molecule has 1 fully saturated rings. The number of carbonyl (C=O) groups is 3. The van der Waals surface area contributed by atoms with Crippen LogP contribution in [-0.2, 0) is 19.1 Å². The SMILES string of the molecule is COC(=O)C1=C(Nc2c(F)cccc2OCC2CCN(C(=O)OC(C)(C)C)CC2)C(=O)N(CCO)C1. The molecule has 2 aliphatic rings. The summed E-state index contributed by atoms with van der Waals surface area (Å²) in [6.07, 6.45) is 1.05. The molecule has 0 radical (unpaired) electrons. The summed E-state index contributed by atoms with van der Waals surface area (Å²) in [5, 5.41) is 12.0. The van der Waals surface area contributed by atoms with E-state index in [1.807, 2.05) is 20.8 Å². The van der Waals surface area contributed by atoms with E-state index in [0.717, 1.165) is 0 Å². The molecule has 2 aliphatic heterocycles. The van der Waals surface area contributed by atoms with Crippen LogP contribution in [-0.4, -0.2) is 85.0 Å². The van der Waals surface area contributed by atoms with Gasteiger partial charge in [0.05, 0.1) is 32.4 Å². The van der Waals surface area contributed by atoms with Gasteiger partial charge in [-0.2, -0.15) is 0 Å². The fourth-order valence-corrected chi connectivity index (χ4v) is 4.04. The van der Waals surface area contributed by atoms with Gasteiger partial charge < -0.3 is 34.4 Å². The predicted molar refractivity (Wildman–Crippen MR) is 129 cm³/mol. The topological polar surface area (TPSA) is 118 Å². The van der Waals surface area contributed by atoms with Gasteiger partial charge in [-0.05, 0) is 51.7 Å². The number of esters is 1. The molecule has 0 aliphatic carbocycles. The van der Waals surface area contributed by atoms with E-state index in [1.54, 1.807) is 11.0 Å². The summed E-state index contributed by atoms with van der Waals surface area (Å²) >= 11 is 0. The Morgan fingerprint density at radius 2 is 1.92 bits per heavy atom. The van der Waals surface area contributed by atoms with Crippen LogP contribution < -0.4 is 10.1 Å². The van der Waals surface area contributed by atoms with Gasteiger partial charge in [0.15, 0.2) is 0 Å². The van der Waals surface area contributed by atoms with Gasteiger partial charge >= 0.3 is 12.1 Å². The molecular weight excluding hydrogens is 473 g/mol. The molecule has 0 saturated carbocycles. The van der Waals surface area contributed by atoms with Crippen LogP contribution in [0.5, 0.6) is 5.75 Å². The predicted octanol–water partition coefficient (Wildman–Crippen LogP) is 2.53. The maximum atomic E-state index is 14.8. The Hall–Kier alpha value is -3.34. The van der Waals surface area contributed by atoms with Crippen LogP contribution in [0.1, 0.15) is 33.6 Å². The summed E-state index contributed by atoms with van der Waals surface area (Å²) in [6, 6.07) is 4.29. The molecule has 11 heteroatoms. The van der Waals surface area contributed by atoms with Gasteiger partial charge in [0, 0.05) is 19.6 Å². The van der Waals surface area contributed by atoms with E-state index in [0.29, 0.717) is 25.9 Å². The number of hydrogen-bond donors (Lipinski definition) is 2. The highest BCUT2D eigenvalue weighted by Crippen LogP contribution is 2.32. The van der Waals surface area contributed by atoms with Gasteiger partial charge in [0.1, 0.15) is 28.6 Å². The molecule has 0 spiro atoms. The second-order valence-electron chi connectivity index (χ2n) is 9.76. The Bertz CT molecular complexity index is 1010. The zero-order chi connectivity index (χ0) is 26.5. The highest BCUT2D eigenvalue weighted by atomic mass is 19.1. The van der Waals surface area contributed by atoms with E-state index >= 15 is 0 Å². The second-order valence-corrected chi connectivity index (χ2v) is 9.76. The Labute approximate surface area is 210 Å². The highest BCUT2D eigenvalue weighted by Gasteiger charge is 2.35. The summed E-state index contributed by atoms with van der Waals surface area (Å²) in [6.45, 7) is 6.49. The van der Waals surface area contributed by atoms with Crippen LogP contribution in [0.15, 0.2) is 29.5 Å². The van der Waals surface area contributed by atoms with Crippen LogP contribution in [0.3, 0.4) is 0 Å². The third-order valence-corrected chi connectivity index (χ3v) is 5.92. The summed E-state index contributed by atoms with van der Waals surface area (Å²) in [7, 11) is 1.19. The second kappa shape index (κ2) is 11.6. The molecule has 2 N–H and O–H groups in total. The molecule has 198 valence electrons. The number of likely N-dealkylation sites (tertiary alicyclic amines) is 1. The minimum Gasteiger partial charge on any atom is -0.491 e. The van der Waals surface area contributed by atoms with E-state index < -0.39 is 23.3 Å². The Morgan fingerprint density at radius 1 is 1.22 bits per heavy atom. The third kappa shape index (κ3) is 6.66. The quantitative estimate of drug-likeness (QED) is 0.516. The summed E-state index contributed by atoms with van der Waals surface area (Å²) in [4.78, 5) is 40.3. The van der Waals surface area contributed by atoms with E-state index in [2.05, 4.69) is 5.32 Å². The number of anilines is 1. The van der Waals surface area contributed by atoms with Gasteiger partial charge in [-0.15, -0.1) is 0 Å². The third-order valence-electron chi connectivity index (χ3n) is 5.92. The lowest BCUT2D eigenvalue weighted by Crippen LogP contribution is -2.42. The Morgan fingerprint density at radius 3 is 2.53 bits per heavy atom. The largest absolute Gasteiger partial charge is 0.491 e. The van der Waals surface area contributed by atoms with E-state index in [1.165, 1.54) is 24.1 Å². The van der Waals surface area contributed by atoms with Crippen molar-refractivity contribution >= 4 is 23.7 Å². The maximum Gasteiger partial charge on any atom is 0.410 e. The molecule has 0 unspecified atom stereocenters. The number of para-hydroxylation sites is 1. The summed E-state index contributed by atoms with van der Waals surface area (Å²) in [5.74, 6) is -1.60. The number of aliphatic hydroxyl groups excluding tert-OH is 1. The van der Waals surface area contributed by atoms with Crippen molar-refractivity contribution in [3.8, 4) is 5.75 Å². The average molecular weight is 508 g/mol.